The highest BCUT2D eigenvalue weighted by atomic mass is 35.5. The Morgan fingerprint density at radius 2 is 1.91 bits per heavy atom. The molecule has 22 heavy (non-hydrogen) atoms. The first-order valence-corrected chi connectivity index (χ1v) is 6.75. The number of ether oxygens (including phenoxy) is 1. The number of alkyl halides is 2. The maximum atomic E-state index is 13.6. The van der Waals surface area contributed by atoms with E-state index >= 15 is 0 Å². The van der Waals surface area contributed by atoms with Crippen LogP contribution in [0.25, 0.3) is 0 Å². The van der Waals surface area contributed by atoms with Crippen molar-refractivity contribution >= 4 is 24.0 Å². The molecule has 0 atom stereocenters. The van der Waals surface area contributed by atoms with Gasteiger partial charge in [-0.15, -0.1) is 12.4 Å². The first kappa shape index (κ1) is 18.6. The zero-order valence-electron chi connectivity index (χ0n) is 11.8. The molecule has 0 aromatic heterocycles. The summed E-state index contributed by atoms with van der Waals surface area (Å²) in [7, 11) is 0. The van der Waals surface area contributed by atoms with Crippen LogP contribution >= 0.6 is 12.4 Å². The molecule has 4 nitrogen and oxygen atoms in total. The molecular weight excluding hydrogens is 321 g/mol. The van der Waals surface area contributed by atoms with Gasteiger partial charge in [0, 0.05) is 11.8 Å². The second-order valence-electron chi connectivity index (χ2n) is 5.19. The van der Waals surface area contributed by atoms with Crippen molar-refractivity contribution in [2.45, 2.75) is 44.3 Å². The third kappa shape index (κ3) is 4.51. The molecule has 0 heterocycles. The van der Waals surface area contributed by atoms with E-state index in [0.29, 0.717) is 12.8 Å². The molecule has 0 spiro atoms. The molecule has 0 radical (unpaired) electrons. The Hall–Kier alpha value is -1.47. The van der Waals surface area contributed by atoms with Crippen molar-refractivity contribution in [3.63, 3.8) is 0 Å². The van der Waals surface area contributed by atoms with Crippen molar-refractivity contribution in [2.24, 2.45) is 5.73 Å². The quantitative estimate of drug-likeness (QED) is 0.883. The Kier molecular flexibility index (Phi) is 6.49. The van der Waals surface area contributed by atoms with Crippen LogP contribution in [0.15, 0.2) is 18.2 Å². The molecule has 0 unspecified atom stereocenters. The Balaban J connectivity index is 0.00000242. The van der Waals surface area contributed by atoms with Crippen molar-refractivity contribution in [1.29, 1.82) is 0 Å². The highest BCUT2D eigenvalue weighted by Gasteiger charge is 2.35. The molecule has 124 valence electrons. The van der Waals surface area contributed by atoms with Gasteiger partial charge in [-0.3, -0.25) is 4.79 Å². The van der Waals surface area contributed by atoms with Gasteiger partial charge >= 0.3 is 6.61 Å². The number of anilines is 1. The zero-order chi connectivity index (χ0) is 15.5. The number of nitrogens with one attached hydrogen (secondary N) is 1. The van der Waals surface area contributed by atoms with E-state index in [0.717, 1.165) is 31.4 Å². The monoisotopic (exact) mass is 338 g/mol. The minimum Gasteiger partial charge on any atom is -0.432 e. The van der Waals surface area contributed by atoms with Crippen molar-refractivity contribution in [2.75, 3.05) is 5.32 Å². The molecule has 1 aliphatic carbocycles. The summed E-state index contributed by atoms with van der Waals surface area (Å²) in [6, 6.07) is 3.27. The van der Waals surface area contributed by atoms with Crippen LogP contribution in [0.2, 0.25) is 0 Å². The van der Waals surface area contributed by atoms with Crippen molar-refractivity contribution in [3.05, 3.63) is 24.0 Å². The van der Waals surface area contributed by atoms with Gasteiger partial charge in [-0.25, -0.2) is 4.39 Å². The molecule has 3 N–H and O–H groups in total. The van der Waals surface area contributed by atoms with Gasteiger partial charge in [0.1, 0.15) is 0 Å². The number of carbonyl (C=O) groups is 1. The number of nitrogens with two attached hydrogens (primary N) is 1. The summed E-state index contributed by atoms with van der Waals surface area (Å²) in [6.07, 6.45) is 3.95. The third-order valence-electron chi connectivity index (χ3n) is 3.60. The molecule has 2 rings (SSSR count). The van der Waals surface area contributed by atoms with E-state index in [1.165, 1.54) is 6.07 Å². The summed E-state index contributed by atoms with van der Waals surface area (Å²) < 4.78 is 41.6. The van der Waals surface area contributed by atoms with Gasteiger partial charge in [0.15, 0.2) is 11.6 Å². The molecule has 1 aromatic carbocycles. The summed E-state index contributed by atoms with van der Waals surface area (Å²) in [5.74, 6) is -1.92. The normalized spacial score (nSPS) is 16.8. The first-order valence-electron chi connectivity index (χ1n) is 6.75. The van der Waals surface area contributed by atoms with Gasteiger partial charge < -0.3 is 15.8 Å². The molecule has 0 saturated heterocycles. The maximum Gasteiger partial charge on any atom is 0.387 e. The summed E-state index contributed by atoms with van der Waals surface area (Å²) in [6.45, 7) is -3.10. The molecular formula is C14H18ClF3N2O2. The largest absolute Gasteiger partial charge is 0.432 e. The minimum atomic E-state index is -3.10. The van der Waals surface area contributed by atoms with Crippen molar-refractivity contribution in [1.82, 2.24) is 0 Å². The number of amides is 1. The molecule has 1 aromatic rings. The Labute approximate surface area is 132 Å². The average Bonchev–Trinajstić information content (AvgIpc) is 2.42. The van der Waals surface area contributed by atoms with Crippen LogP contribution in [0.4, 0.5) is 18.9 Å². The Morgan fingerprint density at radius 1 is 1.27 bits per heavy atom. The fourth-order valence-electron chi connectivity index (χ4n) is 2.44. The van der Waals surface area contributed by atoms with E-state index in [1.807, 2.05) is 0 Å². The number of halogens is 4. The summed E-state index contributed by atoms with van der Waals surface area (Å²) >= 11 is 0. The molecule has 1 amide bonds. The predicted octanol–water partition coefficient (Wildman–Crippen LogP) is 3.45. The second kappa shape index (κ2) is 7.69. The van der Waals surface area contributed by atoms with Gasteiger partial charge in [-0.05, 0) is 25.0 Å². The van der Waals surface area contributed by atoms with Gasteiger partial charge in [-0.1, -0.05) is 19.3 Å². The van der Waals surface area contributed by atoms with E-state index in [9.17, 15) is 18.0 Å². The number of carbonyl (C=O) groups excluding carboxylic acids is 1. The number of rotatable bonds is 4. The molecule has 0 aliphatic heterocycles. The lowest BCUT2D eigenvalue weighted by molar-refractivity contribution is -0.122. The predicted molar refractivity (Wildman–Crippen MR) is 78.9 cm³/mol. The lowest BCUT2D eigenvalue weighted by atomic mass is 9.82. The maximum absolute atomic E-state index is 13.6. The Morgan fingerprint density at radius 3 is 2.45 bits per heavy atom. The summed E-state index contributed by atoms with van der Waals surface area (Å²) in [4.78, 5) is 12.2. The zero-order valence-corrected chi connectivity index (χ0v) is 12.6. The van der Waals surface area contributed by atoms with Gasteiger partial charge in [0.25, 0.3) is 0 Å². The lowest BCUT2D eigenvalue weighted by Crippen LogP contribution is -2.52. The van der Waals surface area contributed by atoms with Crippen LogP contribution in [0.5, 0.6) is 5.75 Å². The van der Waals surface area contributed by atoms with Crippen molar-refractivity contribution < 1.29 is 22.7 Å². The fourth-order valence-corrected chi connectivity index (χ4v) is 2.44. The smallest absolute Gasteiger partial charge is 0.387 e. The number of hydrogen-bond donors (Lipinski definition) is 2. The van der Waals surface area contributed by atoms with Crippen LogP contribution in [0.1, 0.15) is 32.1 Å². The third-order valence-corrected chi connectivity index (χ3v) is 3.60. The standard InChI is InChI=1S/C14H17F3N2O2.ClH/c15-10-8-9(4-5-11(10)21-13(16)17)19-12(20)14(18)6-2-1-3-7-14;/h4-5,8,13H,1-3,6-7,18H2,(H,19,20);1H. The minimum absolute atomic E-state index is 0. The lowest BCUT2D eigenvalue weighted by Gasteiger charge is -2.31. The second-order valence-corrected chi connectivity index (χ2v) is 5.19. The van der Waals surface area contributed by atoms with Crippen LogP contribution in [-0.4, -0.2) is 18.1 Å². The van der Waals surface area contributed by atoms with Gasteiger partial charge in [-0.2, -0.15) is 8.78 Å². The van der Waals surface area contributed by atoms with Crippen LogP contribution < -0.4 is 15.8 Å². The Bertz CT molecular complexity index is 523. The van der Waals surface area contributed by atoms with Gasteiger partial charge in [0.2, 0.25) is 5.91 Å². The molecule has 0 bridgehead atoms. The van der Waals surface area contributed by atoms with E-state index in [-0.39, 0.29) is 24.0 Å². The average molecular weight is 339 g/mol. The van der Waals surface area contributed by atoms with Crippen LogP contribution in [0, 0.1) is 5.82 Å². The van der Waals surface area contributed by atoms with Gasteiger partial charge in [0.05, 0.1) is 5.54 Å². The van der Waals surface area contributed by atoms with Crippen LogP contribution in [0.3, 0.4) is 0 Å². The molecule has 1 aliphatic rings. The SMILES string of the molecule is Cl.NC1(C(=O)Nc2ccc(OC(F)F)c(F)c2)CCCCC1. The molecule has 1 saturated carbocycles. The first-order chi connectivity index (χ1) is 9.90. The summed E-state index contributed by atoms with van der Waals surface area (Å²) in [5, 5.41) is 2.53. The molecule has 1 fully saturated rings. The van der Waals surface area contributed by atoms with Crippen molar-refractivity contribution in [3.8, 4) is 5.75 Å². The van der Waals surface area contributed by atoms with E-state index < -0.39 is 23.7 Å². The number of hydrogen-bond acceptors (Lipinski definition) is 3. The fraction of sp³-hybridized carbons (Fsp3) is 0.500. The summed E-state index contributed by atoms with van der Waals surface area (Å²) in [5.41, 5.74) is 5.26. The highest BCUT2D eigenvalue weighted by molar-refractivity contribution is 5.98. The number of benzene rings is 1. The van der Waals surface area contributed by atoms with E-state index in [4.69, 9.17) is 5.73 Å². The molecule has 8 heteroatoms. The van der Waals surface area contributed by atoms with E-state index in [1.54, 1.807) is 0 Å². The topological polar surface area (TPSA) is 64.4 Å². The highest BCUT2D eigenvalue weighted by Crippen LogP contribution is 2.28. The van der Waals surface area contributed by atoms with E-state index in [2.05, 4.69) is 10.1 Å². The van der Waals surface area contributed by atoms with Crippen LogP contribution in [-0.2, 0) is 4.79 Å².